The molecule has 0 atom stereocenters. The number of para-hydroxylation sites is 1. The second-order valence-corrected chi connectivity index (χ2v) is 4.19. The van der Waals surface area contributed by atoms with Crippen molar-refractivity contribution in [2.75, 3.05) is 12.4 Å². The highest BCUT2D eigenvalue weighted by Crippen LogP contribution is 2.27. The first kappa shape index (κ1) is 10.8. The van der Waals surface area contributed by atoms with Crippen LogP contribution in [-0.2, 0) is 0 Å². The Hall–Kier alpha value is -2.35. The molecule has 0 unspecified atom stereocenters. The average molecular weight is 234 g/mol. The molecule has 2 aromatic carbocycles. The maximum Gasteiger partial charge on any atom is 0.0730 e. The summed E-state index contributed by atoms with van der Waals surface area (Å²) < 4.78 is 0. The Balaban J connectivity index is 2.26. The zero-order valence-electron chi connectivity index (χ0n) is 10.2. The summed E-state index contributed by atoms with van der Waals surface area (Å²) in [4.78, 5) is 4.71. The molecule has 3 aromatic rings. The van der Waals surface area contributed by atoms with Gasteiger partial charge in [0.05, 0.1) is 11.2 Å². The number of benzene rings is 2. The van der Waals surface area contributed by atoms with Crippen molar-refractivity contribution in [2.45, 2.75) is 0 Å². The molecule has 0 aliphatic rings. The number of fused-ring (bicyclic) bond motifs is 1. The maximum atomic E-state index is 4.71. The molecule has 18 heavy (non-hydrogen) atoms. The molecule has 1 aromatic heterocycles. The molecule has 0 bridgehead atoms. The molecule has 1 N–H and O–H groups in total. The summed E-state index contributed by atoms with van der Waals surface area (Å²) in [5, 5.41) is 4.39. The van der Waals surface area contributed by atoms with E-state index in [0.29, 0.717) is 0 Å². The fraction of sp³-hybridized carbons (Fsp3) is 0.0625. The minimum Gasteiger partial charge on any atom is -0.388 e. The van der Waals surface area contributed by atoms with Gasteiger partial charge in [-0.3, -0.25) is 0 Å². The second kappa shape index (κ2) is 4.49. The Morgan fingerprint density at radius 2 is 1.61 bits per heavy atom. The highest BCUT2D eigenvalue weighted by Gasteiger charge is 2.05. The maximum absolute atomic E-state index is 4.71. The minimum atomic E-state index is 0.999. The van der Waals surface area contributed by atoms with E-state index < -0.39 is 0 Å². The van der Waals surface area contributed by atoms with Crippen LogP contribution in [-0.4, -0.2) is 12.0 Å². The van der Waals surface area contributed by atoms with Crippen LogP contribution >= 0.6 is 0 Å². The average Bonchev–Trinajstić information content (AvgIpc) is 2.47. The summed E-state index contributed by atoms with van der Waals surface area (Å²) in [6.45, 7) is 0. The summed E-state index contributed by atoms with van der Waals surface area (Å²) in [6.07, 6.45) is 0. The fourth-order valence-corrected chi connectivity index (χ4v) is 2.14. The molecule has 3 rings (SSSR count). The summed E-state index contributed by atoms with van der Waals surface area (Å²) >= 11 is 0. The van der Waals surface area contributed by atoms with E-state index in [0.717, 1.165) is 27.8 Å². The van der Waals surface area contributed by atoms with Gasteiger partial charge in [0.25, 0.3) is 0 Å². The number of nitrogens with one attached hydrogen (secondary N) is 1. The lowest BCUT2D eigenvalue weighted by Crippen LogP contribution is -1.93. The van der Waals surface area contributed by atoms with Gasteiger partial charge in [0, 0.05) is 23.7 Å². The Kier molecular flexibility index (Phi) is 2.69. The van der Waals surface area contributed by atoms with Crippen molar-refractivity contribution in [1.82, 2.24) is 4.98 Å². The van der Waals surface area contributed by atoms with Gasteiger partial charge in [-0.05, 0) is 12.1 Å². The van der Waals surface area contributed by atoms with Crippen molar-refractivity contribution >= 4 is 16.6 Å². The molecular formula is C16H14N2. The quantitative estimate of drug-likeness (QED) is 0.726. The van der Waals surface area contributed by atoms with Gasteiger partial charge in [-0.2, -0.15) is 0 Å². The fourth-order valence-electron chi connectivity index (χ4n) is 2.14. The summed E-state index contributed by atoms with van der Waals surface area (Å²) in [7, 11) is 1.94. The number of rotatable bonds is 2. The summed E-state index contributed by atoms with van der Waals surface area (Å²) in [5.74, 6) is 0. The van der Waals surface area contributed by atoms with Crippen LogP contribution in [0.5, 0.6) is 0 Å². The molecule has 88 valence electrons. The summed E-state index contributed by atoms with van der Waals surface area (Å²) in [5.41, 5.74) is 4.26. The molecule has 0 aliphatic carbocycles. The summed E-state index contributed by atoms with van der Waals surface area (Å²) in [6, 6.07) is 20.5. The van der Waals surface area contributed by atoms with Gasteiger partial charge in [0.2, 0.25) is 0 Å². The number of pyridine rings is 1. The normalized spacial score (nSPS) is 10.5. The lowest BCUT2D eigenvalue weighted by Gasteiger charge is -2.09. The molecule has 0 saturated heterocycles. The second-order valence-electron chi connectivity index (χ2n) is 4.19. The first-order valence-corrected chi connectivity index (χ1v) is 6.01. The molecule has 2 heteroatoms. The van der Waals surface area contributed by atoms with Gasteiger partial charge in [-0.25, -0.2) is 4.98 Å². The third-order valence-electron chi connectivity index (χ3n) is 3.06. The van der Waals surface area contributed by atoms with E-state index in [1.807, 2.05) is 43.4 Å². The molecule has 0 fully saturated rings. The van der Waals surface area contributed by atoms with Crippen molar-refractivity contribution < 1.29 is 0 Å². The van der Waals surface area contributed by atoms with Crippen LogP contribution in [0.3, 0.4) is 0 Å². The molecule has 0 aliphatic heterocycles. The largest absolute Gasteiger partial charge is 0.388 e. The van der Waals surface area contributed by atoms with Crippen LogP contribution < -0.4 is 5.32 Å². The molecule has 0 amide bonds. The first-order valence-electron chi connectivity index (χ1n) is 6.01. The third-order valence-corrected chi connectivity index (χ3v) is 3.06. The highest BCUT2D eigenvalue weighted by molar-refractivity contribution is 5.93. The third kappa shape index (κ3) is 1.82. The lowest BCUT2D eigenvalue weighted by molar-refractivity contribution is 1.38. The van der Waals surface area contributed by atoms with Gasteiger partial charge in [-0.1, -0.05) is 48.5 Å². The van der Waals surface area contributed by atoms with Crippen molar-refractivity contribution in [3.8, 4) is 11.3 Å². The predicted octanol–water partition coefficient (Wildman–Crippen LogP) is 3.94. The van der Waals surface area contributed by atoms with Crippen molar-refractivity contribution in [1.29, 1.82) is 0 Å². The van der Waals surface area contributed by atoms with E-state index in [-0.39, 0.29) is 0 Å². The number of hydrogen-bond acceptors (Lipinski definition) is 2. The molecule has 0 spiro atoms. The zero-order valence-corrected chi connectivity index (χ0v) is 10.2. The smallest absolute Gasteiger partial charge is 0.0730 e. The Labute approximate surface area is 106 Å². The van der Waals surface area contributed by atoms with Crippen LogP contribution in [0, 0.1) is 0 Å². The van der Waals surface area contributed by atoms with E-state index in [1.54, 1.807) is 0 Å². The number of hydrogen-bond donors (Lipinski definition) is 1. The van der Waals surface area contributed by atoms with Gasteiger partial charge in [0.15, 0.2) is 0 Å². The van der Waals surface area contributed by atoms with Crippen LogP contribution in [0.4, 0.5) is 5.69 Å². The zero-order chi connectivity index (χ0) is 12.4. The Morgan fingerprint density at radius 3 is 2.39 bits per heavy atom. The van der Waals surface area contributed by atoms with Crippen LogP contribution in [0.15, 0.2) is 60.7 Å². The molecule has 2 nitrogen and oxygen atoms in total. The van der Waals surface area contributed by atoms with Gasteiger partial charge in [-0.15, -0.1) is 0 Å². The SMILES string of the molecule is CNc1cc(-c2ccccc2)nc2ccccc12. The van der Waals surface area contributed by atoms with Crippen LogP contribution in [0.2, 0.25) is 0 Å². The topological polar surface area (TPSA) is 24.9 Å². The molecule has 0 radical (unpaired) electrons. The van der Waals surface area contributed by atoms with E-state index in [2.05, 4.69) is 29.6 Å². The van der Waals surface area contributed by atoms with Gasteiger partial charge in [0.1, 0.15) is 0 Å². The molecular weight excluding hydrogens is 220 g/mol. The van der Waals surface area contributed by atoms with E-state index >= 15 is 0 Å². The van der Waals surface area contributed by atoms with Crippen LogP contribution in [0.25, 0.3) is 22.2 Å². The standard InChI is InChI=1S/C16H14N2/c1-17-16-11-15(12-7-3-2-4-8-12)18-14-10-6-5-9-13(14)16/h2-11H,1H3,(H,17,18). The predicted molar refractivity (Wildman–Crippen MR) is 76.7 cm³/mol. The number of anilines is 1. The van der Waals surface area contributed by atoms with Crippen LogP contribution in [0.1, 0.15) is 0 Å². The van der Waals surface area contributed by atoms with Crippen molar-refractivity contribution in [3.05, 3.63) is 60.7 Å². The highest BCUT2D eigenvalue weighted by atomic mass is 14.8. The van der Waals surface area contributed by atoms with E-state index in [1.165, 1.54) is 0 Å². The number of aromatic nitrogens is 1. The van der Waals surface area contributed by atoms with E-state index in [4.69, 9.17) is 4.98 Å². The van der Waals surface area contributed by atoms with Crippen molar-refractivity contribution in [2.24, 2.45) is 0 Å². The minimum absolute atomic E-state index is 0.999. The molecule has 1 heterocycles. The first-order chi connectivity index (χ1) is 8.88. The van der Waals surface area contributed by atoms with Gasteiger partial charge >= 0.3 is 0 Å². The van der Waals surface area contributed by atoms with Gasteiger partial charge < -0.3 is 5.32 Å². The Bertz CT molecular complexity index is 675. The Morgan fingerprint density at radius 1 is 0.889 bits per heavy atom. The number of nitrogens with zero attached hydrogens (tertiary/aromatic N) is 1. The molecule has 0 saturated carbocycles. The van der Waals surface area contributed by atoms with E-state index in [9.17, 15) is 0 Å². The lowest BCUT2D eigenvalue weighted by atomic mass is 10.1. The van der Waals surface area contributed by atoms with Crippen molar-refractivity contribution in [3.63, 3.8) is 0 Å². The monoisotopic (exact) mass is 234 g/mol.